The molecule has 2 aliphatic rings. The summed E-state index contributed by atoms with van der Waals surface area (Å²) in [6.07, 6.45) is 3.39. The summed E-state index contributed by atoms with van der Waals surface area (Å²) in [4.78, 5) is 28.3. The van der Waals surface area contributed by atoms with E-state index in [-0.39, 0.29) is 17.4 Å². The number of ether oxygens (including phenoxy) is 2. The van der Waals surface area contributed by atoms with Crippen molar-refractivity contribution in [2.75, 3.05) is 13.2 Å². The SMILES string of the molecule is CCCCOc1ccc([C@H]2C(=C(O)c3ccc4c(c3)C[C@H](C)O4)C(=O)C(=O)N2CCc2ccccc2)cc1. The molecule has 3 aromatic rings. The van der Waals surface area contributed by atoms with E-state index in [1.54, 1.807) is 11.0 Å². The van der Waals surface area contributed by atoms with E-state index in [1.807, 2.05) is 73.7 Å². The van der Waals surface area contributed by atoms with Crippen molar-refractivity contribution in [3.63, 3.8) is 0 Å². The summed E-state index contributed by atoms with van der Waals surface area (Å²) in [6, 6.07) is 22.0. The van der Waals surface area contributed by atoms with Gasteiger partial charge in [-0.15, -0.1) is 0 Å². The van der Waals surface area contributed by atoms with E-state index in [9.17, 15) is 14.7 Å². The minimum atomic E-state index is -0.702. The number of carbonyl (C=O) groups excluding carboxylic acids is 2. The van der Waals surface area contributed by atoms with Crippen LogP contribution < -0.4 is 9.47 Å². The Labute approximate surface area is 223 Å². The summed E-state index contributed by atoms with van der Waals surface area (Å²) < 4.78 is 11.6. The molecule has 1 N–H and O–H groups in total. The molecule has 1 fully saturated rings. The van der Waals surface area contributed by atoms with Gasteiger partial charge in [0, 0.05) is 18.5 Å². The maximum absolute atomic E-state index is 13.4. The molecule has 0 saturated carbocycles. The Morgan fingerprint density at radius 3 is 2.55 bits per heavy atom. The fourth-order valence-corrected chi connectivity index (χ4v) is 5.16. The average molecular weight is 512 g/mol. The number of aliphatic hydroxyl groups is 1. The van der Waals surface area contributed by atoms with Gasteiger partial charge in [-0.3, -0.25) is 9.59 Å². The van der Waals surface area contributed by atoms with Crippen molar-refractivity contribution < 1.29 is 24.2 Å². The summed E-state index contributed by atoms with van der Waals surface area (Å²) >= 11 is 0. The highest BCUT2D eigenvalue weighted by Gasteiger charge is 2.46. The molecular weight excluding hydrogens is 478 g/mol. The minimum Gasteiger partial charge on any atom is -0.507 e. The van der Waals surface area contributed by atoms with Crippen molar-refractivity contribution in [3.8, 4) is 11.5 Å². The number of ketones is 1. The Bertz CT molecular complexity index is 1350. The van der Waals surface area contributed by atoms with Gasteiger partial charge in [-0.2, -0.15) is 0 Å². The molecule has 2 atom stereocenters. The molecule has 2 aliphatic heterocycles. The van der Waals surface area contributed by atoms with Crippen molar-refractivity contribution in [2.45, 2.75) is 51.7 Å². The number of amides is 1. The first-order chi connectivity index (χ1) is 18.5. The van der Waals surface area contributed by atoms with Gasteiger partial charge >= 0.3 is 0 Å². The van der Waals surface area contributed by atoms with Gasteiger partial charge in [0.15, 0.2) is 0 Å². The van der Waals surface area contributed by atoms with E-state index in [0.29, 0.717) is 25.1 Å². The highest BCUT2D eigenvalue weighted by molar-refractivity contribution is 6.46. The van der Waals surface area contributed by atoms with Crippen molar-refractivity contribution in [2.24, 2.45) is 0 Å². The number of benzene rings is 3. The predicted molar refractivity (Wildman–Crippen MR) is 146 cm³/mol. The number of carbonyl (C=O) groups is 2. The number of nitrogens with zero attached hydrogens (tertiary/aromatic N) is 1. The lowest BCUT2D eigenvalue weighted by Gasteiger charge is -2.25. The molecule has 0 radical (unpaired) electrons. The molecule has 38 heavy (non-hydrogen) atoms. The second-order valence-electron chi connectivity index (χ2n) is 9.95. The maximum Gasteiger partial charge on any atom is 0.295 e. The molecule has 0 bridgehead atoms. The zero-order chi connectivity index (χ0) is 26.6. The highest BCUT2D eigenvalue weighted by atomic mass is 16.5. The number of hydrogen-bond acceptors (Lipinski definition) is 5. The van der Waals surface area contributed by atoms with Crippen molar-refractivity contribution >= 4 is 17.4 Å². The molecule has 0 aromatic heterocycles. The van der Waals surface area contributed by atoms with E-state index >= 15 is 0 Å². The Morgan fingerprint density at radius 1 is 1.05 bits per heavy atom. The minimum absolute atomic E-state index is 0.0593. The summed E-state index contributed by atoms with van der Waals surface area (Å²) in [5.41, 5.74) is 3.41. The molecule has 5 rings (SSSR count). The van der Waals surface area contributed by atoms with Crippen LogP contribution in [-0.4, -0.2) is 41.0 Å². The Hall–Kier alpha value is -4.06. The number of aliphatic hydroxyl groups excluding tert-OH is 1. The summed E-state index contributed by atoms with van der Waals surface area (Å²) in [7, 11) is 0. The second kappa shape index (κ2) is 11.1. The molecular formula is C32H33NO5. The molecule has 0 aliphatic carbocycles. The number of rotatable bonds is 9. The van der Waals surface area contributed by atoms with Gasteiger partial charge < -0.3 is 19.5 Å². The molecule has 196 valence electrons. The number of Topliss-reactive ketones (excluding diaryl/α,β-unsaturated/α-hetero) is 1. The molecule has 1 amide bonds. The maximum atomic E-state index is 13.4. The van der Waals surface area contributed by atoms with Crippen LogP contribution in [0.15, 0.2) is 78.4 Å². The van der Waals surface area contributed by atoms with Crippen LogP contribution in [0.25, 0.3) is 5.76 Å². The highest BCUT2D eigenvalue weighted by Crippen LogP contribution is 2.41. The van der Waals surface area contributed by atoms with Crippen LogP contribution in [0.5, 0.6) is 11.5 Å². The third-order valence-electron chi connectivity index (χ3n) is 7.16. The first-order valence-corrected chi connectivity index (χ1v) is 13.3. The van der Waals surface area contributed by atoms with E-state index in [4.69, 9.17) is 9.47 Å². The topological polar surface area (TPSA) is 76.1 Å². The Morgan fingerprint density at radius 2 is 1.82 bits per heavy atom. The van der Waals surface area contributed by atoms with Gasteiger partial charge in [0.2, 0.25) is 0 Å². The lowest BCUT2D eigenvalue weighted by molar-refractivity contribution is -0.139. The number of fused-ring (bicyclic) bond motifs is 1. The van der Waals surface area contributed by atoms with Gasteiger partial charge in [0.25, 0.3) is 11.7 Å². The van der Waals surface area contributed by atoms with Gasteiger partial charge in [-0.25, -0.2) is 0 Å². The van der Waals surface area contributed by atoms with E-state index in [1.165, 1.54) is 0 Å². The van der Waals surface area contributed by atoms with Gasteiger partial charge in [-0.05, 0) is 66.8 Å². The van der Waals surface area contributed by atoms with Gasteiger partial charge in [0.05, 0.1) is 18.2 Å². The molecule has 6 nitrogen and oxygen atoms in total. The second-order valence-corrected chi connectivity index (χ2v) is 9.95. The van der Waals surface area contributed by atoms with Gasteiger partial charge in [-0.1, -0.05) is 55.8 Å². The fraction of sp³-hybridized carbons (Fsp3) is 0.312. The smallest absolute Gasteiger partial charge is 0.295 e. The fourth-order valence-electron chi connectivity index (χ4n) is 5.16. The van der Waals surface area contributed by atoms with Crippen LogP contribution in [0, 0.1) is 0 Å². The first-order valence-electron chi connectivity index (χ1n) is 13.3. The van der Waals surface area contributed by atoms with E-state index < -0.39 is 17.7 Å². The van der Waals surface area contributed by atoms with Crippen LogP contribution in [-0.2, 0) is 22.4 Å². The van der Waals surface area contributed by atoms with Crippen LogP contribution in [0.3, 0.4) is 0 Å². The van der Waals surface area contributed by atoms with Crippen LogP contribution >= 0.6 is 0 Å². The largest absolute Gasteiger partial charge is 0.507 e. The molecule has 6 heteroatoms. The molecule has 3 aromatic carbocycles. The van der Waals surface area contributed by atoms with Crippen LogP contribution in [0.2, 0.25) is 0 Å². The molecule has 0 unspecified atom stereocenters. The van der Waals surface area contributed by atoms with Crippen molar-refractivity contribution in [1.82, 2.24) is 4.90 Å². The summed E-state index contributed by atoms with van der Waals surface area (Å²) in [5, 5.41) is 11.5. The molecule has 2 heterocycles. The third kappa shape index (κ3) is 5.17. The quantitative estimate of drug-likeness (QED) is 0.169. The normalized spacial score (nSPS) is 19.9. The lowest BCUT2D eigenvalue weighted by atomic mass is 9.94. The Balaban J connectivity index is 1.52. The van der Waals surface area contributed by atoms with Crippen molar-refractivity contribution in [1.29, 1.82) is 0 Å². The number of hydrogen-bond donors (Lipinski definition) is 1. The Kier molecular flexibility index (Phi) is 7.50. The van der Waals surface area contributed by atoms with Crippen molar-refractivity contribution in [3.05, 3.63) is 101 Å². The molecule has 0 spiro atoms. The van der Waals surface area contributed by atoms with Gasteiger partial charge in [0.1, 0.15) is 23.4 Å². The van der Waals surface area contributed by atoms with Crippen LogP contribution in [0.4, 0.5) is 0 Å². The first kappa shape index (κ1) is 25.6. The summed E-state index contributed by atoms with van der Waals surface area (Å²) in [6.45, 7) is 5.08. The monoisotopic (exact) mass is 511 g/mol. The van der Waals surface area contributed by atoms with E-state index in [2.05, 4.69) is 6.92 Å². The van der Waals surface area contributed by atoms with Crippen LogP contribution in [0.1, 0.15) is 55.0 Å². The standard InChI is InChI=1S/C32H33NO5/c1-3-4-18-37-26-13-10-23(11-14-26)29-28(30(34)24-12-15-27-25(20-24)19-21(2)38-27)31(35)32(36)33(29)17-16-22-8-6-5-7-9-22/h5-15,20-21,29,34H,3-4,16-19H2,1-2H3/t21-,29-/m0/s1. The lowest BCUT2D eigenvalue weighted by Crippen LogP contribution is -2.31. The molecule has 1 saturated heterocycles. The number of unbranched alkanes of at least 4 members (excludes halogenated alkanes) is 1. The predicted octanol–water partition coefficient (Wildman–Crippen LogP) is 5.85. The number of likely N-dealkylation sites (tertiary alicyclic amines) is 1. The average Bonchev–Trinajstić information content (AvgIpc) is 3.43. The zero-order valence-corrected chi connectivity index (χ0v) is 21.9. The van der Waals surface area contributed by atoms with E-state index in [0.717, 1.165) is 47.5 Å². The summed E-state index contributed by atoms with van der Waals surface area (Å²) in [5.74, 6) is 0.0766. The third-order valence-corrected chi connectivity index (χ3v) is 7.16. The zero-order valence-electron chi connectivity index (χ0n) is 21.9.